The summed E-state index contributed by atoms with van der Waals surface area (Å²) in [4.78, 5) is 11.0. The van der Waals surface area contributed by atoms with Crippen molar-refractivity contribution in [3.63, 3.8) is 0 Å². The van der Waals surface area contributed by atoms with E-state index in [1.807, 2.05) is 0 Å². The molecule has 0 aromatic heterocycles. The average molecular weight is 273 g/mol. The van der Waals surface area contributed by atoms with Gasteiger partial charge in [-0.2, -0.15) is 0 Å². The van der Waals surface area contributed by atoms with Crippen LogP contribution in [0, 0.1) is 12.3 Å². The van der Waals surface area contributed by atoms with Crippen LogP contribution in [0.25, 0.3) is 0 Å². The van der Waals surface area contributed by atoms with Crippen LogP contribution in [0.2, 0.25) is 0 Å². The smallest absolute Gasteiger partial charge is 0.239 e. The Labute approximate surface area is 95.8 Å². The van der Waals surface area contributed by atoms with Crippen molar-refractivity contribution in [2.24, 2.45) is 0 Å². The highest BCUT2D eigenvalue weighted by Gasteiger charge is 2.04. The van der Waals surface area contributed by atoms with Crippen molar-refractivity contribution < 1.29 is 4.79 Å². The van der Waals surface area contributed by atoms with Gasteiger partial charge in [0.15, 0.2) is 0 Å². The van der Waals surface area contributed by atoms with E-state index >= 15 is 0 Å². The first-order valence-corrected chi connectivity index (χ1v) is 5.12. The van der Waals surface area contributed by atoms with Crippen molar-refractivity contribution in [3.8, 4) is 12.3 Å². The van der Waals surface area contributed by atoms with Gasteiger partial charge in [-0.3, -0.25) is 4.79 Å². The van der Waals surface area contributed by atoms with Gasteiger partial charge in [0.2, 0.25) is 5.91 Å². The van der Waals surface area contributed by atoms with Crippen LogP contribution in [0.15, 0.2) is 22.7 Å². The summed E-state index contributed by atoms with van der Waals surface area (Å²) in [7, 11) is 0. The number of alkyl halides is 1. The van der Waals surface area contributed by atoms with Crippen LogP contribution in [-0.2, 0) is 4.79 Å². The Morgan fingerprint density at radius 1 is 1.64 bits per heavy atom. The molecule has 1 rings (SSSR count). The number of amides is 1. The molecule has 0 saturated heterocycles. The van der Waals surface area contributed by atoms with Gasteiger partial charge in [-0.05, 0) is 18.2 Å². The third-order valence-corrected chi connectivity index (χ3v) is 2.27. The molecular formula is C10H7BrClNO. The lowest BCUT2D eigenvalue weighted by Crippen LogP contribution is -2.13. The van der Waals surface area contributed by atoms with Gasteiger partial charge >= 0.3 is 0 Å². The van der Waals surface area contributed by atoms with Crippen LogP contribution in [0.1, 0.15) is 5.56 Å². The molecule has 1 N–H and O–H groups in total. The number of hydrogen-bond acceptors (Lipinski definition) is 1. The van der Waals surface area contributed by atoms with E-state index in [9.17, 15) is 4.79 Å². The molecule has 2 nitrogen and oxygen atoms in total. The Bertz CT molecular complexity index is 398. The van der Waals surface area contributed by atoms with Crippen LogP contribution >= 0.6 is 27.5 Å². The molecule has 0 aliphatic heterocycles. The van der Waals surface area contributed by atoms with E-state index in [0.717, 1.165) is 4.47 Å². The molecular weight excluding hydrogens is 265 g/mol. The lowest BCUT2D eigenvalue weighted by Gasteiger charge is -2.05. The van der Waals surface area contributed by atoms with E-state index in [-0.39, 0.29) is 11.8 Å². The zero-order valence-corrected chi connectivity index (χ0v) is 9.52. The second kappa shape index (κ2) is 5.04. The van der Waals surface area contributed by atoms with Crippen LogP contribution in [0.4, 0.5) is 5.69 Å². The summed E-state index contributed by atoms with van der Waals surface area (Å²) < 4.78 is 0.870. The molecule has 0 unspecified atom stereocenters. The average Bonchev–Trinajstić information content (AvgIpc) is 2.20. The molecule has 0 spiro atoms. The normalized spacial score (nSPS) is 9.21. The summed E-state index contributed by atoms with van der Waals surface area (Å²) in [6.07, 6.45) is 5.28. The Kier molecular flexibility index (Phi) is 3.99. The second-order valence-corrected chi connectivity index (χ2v) is 3.70. The lowest BCUT2D eigenvalue weighted by molar-refractivity contribution is -0.113. The molecule has 1 aromatic rings. The zero-order valence-electron chi connectivity index (χ0n) is 7.18. The minimum atomic E-state index is -0.273. The maximum atomic E-state index is 11.0. The third kappa shape index (κ3) is 2.76. The predicted octanol–water partition coefficient (Wildman–Crippen LogP) is 2.61. The van der Waals surface area contributed by atoms with Crippen molar-refractivity contribution in [2.45, 2.75) is 0 Å². The third-order valence-electron chi connectivity index (χ3n) is 1.53. The largest absolute Gasteiger partial charge is 0.324 e. The molecule has 0 atom stereocenters. The van der Waals surface area contributed by atoms with Crippen molar-refractivity contribution in [1.29, 1.82) is 0 Å². The molecule has 14 heavy (non-hydrogen) atoms. The molecule has 1 amide bonds. The fourth-order valence-electron chi connectivity index (χ4n) is 0.929. The van der Waals surface area contributed by atoms with Crippen LogP contribution in [0.5, 0.6) is 0 Å². The number of carbonyl (C=O) groups excluding carboxylic acids is 1. The van der Waals surface area contributed by atoms with Gasteiger partial charge in [0.25, 0.3) is 0 Å². The van der Waals surface area contributed by atoms with E-state index in [1.54, 1.807) is 18.2 Å². The minimum absolute atomic E-state index is 0.0833. The molecule has 0 heterocycles. The summed E-state index contributed by atoms with van der Waals surface area (Å²) in [5.74, 6) is 2.12. The number of anilines is 1. The summed E-state index contributed by atoms with van der Waals surface area (Å²) in [6.45, 7) is 0. The number of benzene rings is 1. The first-order valence-electron chi connectivity index (χ1n) is 3.79. The second-order valence-electron chi connectivity index (χ2n) is 2.52. The lowest BCUT2D eigenvalue weighted by atomic mass is 10.2. The predicted molar refractivity (Wildman–Crippen MR) is 61.4 cm³/mol. The minimum Gasteiger partial charge on any atom is -0.324 e. The van der Waals surface area contributed by atoms with Gasteiger partial charge in [-0.1, -0.05) is 21.9 Å². The van der Waals surface area contributed by atoms with Crippen LogP contribution in [-0.4, -0.2) is 11.8 Å². The highest BCUT2D eigenvalue weighted by atomic mass is 79.9. The van der Waals surface area contributed by atoms with Crippen molar-refractivity contribution >= 4 is 39.1 Å². The van der Waals surface area contributed by atoms with Gasteiger partial charge in [-0.15, -0.1) is 18.0 Å². The highest BCUT2D eigenvalue weighted by Crippen LogP contribution is 2.20. The van der Waals surface area contributed by atoms with Crippen LogP contribution < -0.4 is 5.32 Å². The Morgan fingerprint density at radius 3 is 2.93 bits per heavy atom. The SMILES string of the molecule is C#Cc1cc(Br)ccc1NC(=O)CCl. The Morgan fingerprint density at radius 2 is 2.36 bits per heavy atom. The van der Waals surface area contributed by atoms with E-state index in [0.29, 0.717) is 11.3 Å². The molecule has 0 aliphatic rings. The maximum Gasteiger partial charge on any atom is 0.239 e. The molecule has 72 valence electrons. The standard InChI is InChI=1S/C10H7BrClNO/c1-2-7-5-8(11)3-4-9(7)13-10(14)6-12/h1,3-5H,6H2,(H,13,14). The summed E-state index contributed by atoms with van der Waals surface area (Å²) in [5, 5.41) is 2.60. The first kappa shape index (κ1) is 11.1. The van der Waals surface area contributed by atoms with Gasteiger partial charge in [0.1, 0.15) is 5.88 Å². The maximum absolute atomic E-state index is 11.0. The fraction of sp³-hybridized carbons (Fsp3) is 0.100. The van der Waals surface area contributed by atoms with E-state index in [2.05, 4.69) is 27.2 Å². The van der Waals surface area contributed by atoms with E-state index < -0.39 is 0 Å². The van der Waals surface area contributed by atoms with Crippen LogP contribution in [0.3, 0.4) is 0 Å². The molecule has 1 aromatic carbocycles. The van der Waals surface area contributed by atoms with E-state index in [4.69, 9.17) is 18.0 Å². The number of hydrogen-bond donors (Lipinski definition) is 1. The summed E-state index contributed by atoms with van der Waals surface area (Å²) in [5.41, 5.74) is 1.22. The first-order chi connectivity index (χ1) is 6.67. The summed E-state index contributed by atoms with van der Waals surface area (Å²) >= 11 is 8.64. The number of terminal acetylenes is 1. The monoisotopic (exact) mass is 271 g/mol. The fourth-order valence-corrected chi connectivity index (χ4v) is 1.36. The number of halogens is 2. The number of nitrogens with one attached hydrogen (secondary N) is 1. The van der Waals surface area contributed by atoms with Crippen molar-refractivity contribution in [1.82, 2.24) is 0 Å². The molecule has 0 aliphatic carbocycles. The molecule has 0 fully saturated rings. The topological polar surface area (TPSA) is 29.1 Å². The van der Waals surface area contributed by atoms with E-state index in [1.165, 1.54) is 0 Å². The van der Waals surface area contributed by atoms with Gasteiger partial charge < -0.3 is 5.32 Å². The molecule has 0 bridgehead atoms. The van der Waals surface area contributed by atoms with Gasteiger partial charge in [-0.25, -0.2) is 0 Å². The number of carbonyl (C=O) groups is 1. The highest BCUT2D eigenvalue weighted by molar-refractivity contribution is 9.10. The van der Waals surface area contributed by atoms with Gasteiger partial charge in [0.05, 0.1) is 5.69 Å². The zero-order chi connectivity index (χ0) is 10.6. The van der Waals surface area contributed by atoms with Crippen molar-refractivity contribution in [3.05, 3.63) is 28.2 Å². The van der Waals surface area contributed by atoms with Gasteiger partial charge in [0, 0.05) is 10.0 Å². The molecule has 0 saturated carbocycles. The van der Waals surface area contributed by atoms with Crippen molar-refractivity contribution in [2.75, 3.05) is 11.2 Å². The molecule has 4 heteroatoms. The summed E-state index contributed by atoms with van der Waals surface area (Å²) in [6, 6.07) is 5.28. The quantitative estimate of drug-likeness (QED) is 0.651. The number of rotatable bonds is 2. The molecule has 0 radical (unpaired) electrons. The Balaban J connectivity index is 2.98. The Hall–Kier alpha value is -0.980.